The summed E-state index contributed by atoms with van der Waals surface area (Å²) in [6.45, 7) is 3.91. The van der Waals surface area contributed by atoms with Gasteiger partial charge < -0.3 is 30.5 Å². The molecule has 0 bridgehead atoms. The summed E-state index contributed by atoms with van der Waals surface area (Å²) < 4.78 is 0. The first kappa shape index (κ1) is 33.5. The summed E-state index contributed by atoms with van der Waals surface area (Å²) in [6.07, 6.45) is 0. The van der Waals surface area contributed by atoms with Gasteiger partial charge in [0.1, 0.15) is 9.52 Å². The molecule has 0 amide bonds. The molecule has 0 aliphatic carbocycles. The molecule has 1 N–H and O–H groups in total. The number of benzene rings is 5. The first-order valence-electron chi connectivity index (χ1n) is 11.8. The van der Waals surface area contributed by atoms with E-state index in [9.17, 15) is 0 Å². The molecule has 188 valence electrons. The van der Waals surface area contributed by atoms with Gasteiger partial charge in [0, 0.05) is 0 Å². The first-order chi connectivity index (χ1) is 17.1. The second kappa shape index (κ2) is 17.1. The van der Waals surface area contributed by atoms with Gasteiger partial charge in [-0.25, -0.2) is 0 Å². The Labute approximate surface area is 260 Å². The van der Waals surface area contributed by atoms with Gasteiger partial charge in [-0.3, -0.25) is 0 Å². The molecule has 6 aromatic rings. The number of hydrogen-bond acceptors (Lipinski definition) is 0. The van der Waals surface area contributed by atoms with Gasteiger partial charge >= 0.3 is 25.8 Å². The van der Waals surface area contributed by atoms with Crippen LogP contribution in [0.1, 0.15) is 11.1 Å². The van der Waals surface area contributed by atoms with Crippen molar-refractivity contribution in [3.63, 3.8) is 0 Å². The van der Waals surface area contributed by atoms with Gasteiger partial charge in [-0.1, -0.05) is 137 Å². The molecule has 38 heavy (non-hydrogen) atoms. The molecule has 0 aromatic heterocycles. The second-order valence-corrected chi connectivity index (χ2v) is 9.85. The maximum Gasteiger partial charge on any atom is 4.00 e. The predicted molar refractivity (Wildman–Crippen MR) is 155 cm³/mol. The van der Waals surface area contributed by atoms with Gasteiger partial charge in [-0.2, -0.15) is 0 Å². The van der Waals surface area contributed by atoms with Crippen molar-refractivity contribution < 1.29 is 50.7 Å². The molecule has 0 aliphatic heterocycles. The van der Waals surface area contributed by atoms with E-state index >= 15 is 0 Å². The van der Waals surface area contributed by atoms with Crippen LogP contribution in [0.2, 0.25) is 0 Å². The molecular formula is C33H29Cl2HfNSi. The minimum Gasteiger partial charge on any atom is -1.00 e. The Morgan fingerprint density at radius 3 is 1.26 bits per heavy atom. The SMILES string of the molecule is Cc1cccc(C)c1[NH-].[Cl-].[Cl-].[Hf+4].c1ccc([Si]c2ccccc2)cc1.c1ccc2c(c1)[cH-]c1ccccc12. The van der Waals surface area contributed by atoms with Crippen LogP contribution in [0.15, 0.2) is 133 Å². The van der Waals surface area contributed by atoms with E-state index in [0.29, 0.717) is 5.69 Å². The van der Waals surface area contributed by atoms with Crippen molar-refractivity contribution in [3.8, 4) is 0 Å². The monoisotopic (exact) mass is 717 g/mol. The summed E-state index contributed by atoms with van der Waals surface area (Å²) in [5.41, 5.74) is 10.2. The van der Waals surface area contributed by atoms with Crippen molar-refractivity contribution in [2.24, 2.45) is 0 Å². The van der Waals surface area contributed by atoms with Crippen LogP contribution in [0, 0.1) is 13.8 Å². The summed E-state index contributed by atoms with van der Waals surface area (Å²) in [6, 6.07) is 46.3. The molecule has 0 aliphatic rings. The van der Waals surface area contributed by atoms with Gasteiger partial charge in [-0.05, 0) is 13.8 Å². The van der Waals surface area contributed by atoms with Crippen LogP contribution >= 0.6 is 0 Å². The van der Waals surface area contributed by atoms with Gasteiger partial charge in [0.05, 0.1) is 0 Å². The Kier molecular flexibility index (Phi) is 15.1. The van der Waals surface area contributed by atoms with E-state index in [1.54, 1.807) is 0 Å². The van der Waals surface area contributed by atoms with Crippen molar-refractivity contribution >= 4 is 47.1 Å². The maximum atomic E-state index is 7.44. The average molecular weight is 717 g/mol. The molecule has 0 spiro atoms. The number of halogens is 2. The standard InChI is InChI=1S/C13H9.C12H10Si.C8H10N.2ClH.Hf/c1-3-7-12-10(5-1)9-11-6-2-4-8-13(11)12;1-3-7-11(8-4-1)13-12-9-5-2-6-10-12;1-6-4-3-5-7(2)8(6)9;;;/h1-9H;1-10H;3-5,9H,1-2H3;2*1H;/q-1;;-1;;;+4/p-2. The van der Waals surface area contributed by atoms with Crippen molar-refractivity contribution in [1.82, 2.24) is 0 Å². The van der Waals surface area contributed by atoms with E-state index in [1.807, 2.05) is 32.0 Å². The number of aryl methyl sites for hydroxylation is 2. The fourth-order valence-electron chi connectivity index (χ4n) is 3.93. The third-order valence-electron chi connectivity index (χ3n) is 5.84. The molecule has 5 heteroatoms. The van der Waals surface area contributed by atoms with Crippen LogP contribution in [0.4, 0.5) is 5.69 Å². The summed E-state index contributed by atoms with van der Waals surface area (Å²) in [4.78, 5) is 0. The molecule has 1 nitrogen and oxygen atoms in total. The molecule has 0 saturated heterocycles. The van der Waals surface area contributed by atoms with Crippen LogP contribution in [0.5, 0.6) is 0 Å². The third kappa shape index (κ3) is 9.32. The summed E-state index contributed by atoms with van der Waals surface area (Å²) in [7, 11) is 0.777. The molecule has 0 unspecified atom stereocenters. The van der Waals surface area contributed by atoms with Crippen LogP contribution in [-0.4, -0.2) is 9.52 Å². The number of nitrogens with one attached hydrogen (secondary N) is 1. The quantitative estimate of drug-likeness (QED) is 0.194. The number of hydrogen-bond donors (Lipinski definition) is 0. The van der Waals surface area contributed by atoms with Crippen molar-refractivity contribution in [1.29, 1.82) is 0 Å². The van der Waals surface area contributed by atoms with Crippen molar-refractivity contribution in [3.05, 3.63) is 150 Å². The zero-order chi connectivity index (χ0) is 24.5. The Balaban J connectivity index is 0.000000279. The fraction of sp³-hybridized carbons (Fsp3) is 0.0606. The maximum absolute atomic E-state index is 7.44. The molecule has 0 atom stereocenters. The molecule has 0 saturated carbocycles. The van der Waals surface area contributed by atoms with Crippen LogP contribution in [-0.2, 0) is 25.8 Å². The Morgan fingerprint density at radius 2 is 0.868 bits per heavy atom. The van der Waals surface area contributed by atoms with E-state index < -0.39 is 0 Å². The summed E-state index contributed by atoms with van der Waals surface area (Å²) in [5.74, 6) is 0. The molecule has 6 aromatic carbocycles. The van der Waals surface area contributed by atoms with E-state index in [2.05, 4.69) is 115 Å². The molecule has 6 rings (SSSR count). The van der Waals surface area contributed by atoms with E-state index in [4.69, 9.17) is 5.73 Å². The van der Waals surface area contributed by atoms with Gasteiger partial charge in [-0.15, -0.1) is 45.4 Å². The topological polar surface area (TPSA) is 23.8 Å². The van der Waals surface area contributed by atoms with Crippen LogP contribution in [0.3, 0.4) is 0 Å². The summed E-state index contributed by atoms with van der Waals surface area (Å²) in [5, 5.41) is 8.19. The Morgan fingerprint density at radius 1 is 0.500 bits per heavy atom. The molecule has 0 fully saturated rings. The van der Waals surface area contributed by atoms with Gasteiger partial charge in [0.2, 0.25) is 0 Å². The fourth-order valence-corrected chi connectivity index (χ4v) is 4.98. The minimum absolute atomic E-state index is 0. The summed E-state index contributed by atoms with van der Waals surface area (Å²) >= 11 is 0. The largest absolute Gasteiger partial charge is 4.00 e. The predicted octanol–water partition coefficient (Wildman–Crippen LogP) is 2.05. The zero-order valence-electron chi connectivity index (χ0n) is 21.5. The zero-order valence-corrected chi connectivity index (χ0v) is 27.6. The van der Waals surface area contributed by atoms with Crippen molar-refractivity contribution in [2.45, 2.75) is 13.8 Å². The average Bonchev–Trinajstić information content (AvgIpc) is 3.28. The Hall–Kier alpha value is -2.56. The van der Waals surface area contributed by atoms with E-state index in [0.717, 1.165) is 20.6 Å². The molecule has 2 radical (unpaired) electrons. The minimum atomic E-state index is 0. The smallest absolute Gasteiger partial charge is 1.00 e. The third-order valence-corrected chi connectivity index (χ3v) is 7.08. The van der Waals surface area contributed by atoms with Crippen LogP contribution < -0.4 is 35.2 Å². The van der Waals surface area contributed by atoms with Crippen LogP contribution in [0.25, 0.3) is 27.3 Å². The van der Waals surface area contributed by atoms with Gasteiger partial charge in [0.25, 0.3) is 0 Å². The number of rotatable bonds is 2. The van der Waals surface area contributed by atoms with E-state index in [-0.39, 0.29) is 50.7 Å². The second-order valence-electron chi connectivity index (χ2n) is 8.44. The number of fused-ring (bicyclic) bond motifs is 3. The van der Waals surface area contributed by atoms with E-state index in [1.165, 1.54) is 31.9 Å². The molecule has 0 heterocycles. The van der Waals surface area contributed by atoms with Gasteiger partial charge in [0.15, 0.2) is 0 Å². The molecular weight excluding hydrogens is 688 g/mol. The van der Waals surface area contributed by atoms with Crippen molar-refractivity contribution in [2.75, 3.05) is 0 Å². The first-order valence-corrected chi connectivity index (χ1v) is 12.8. The normalized spacial score (nSPS) is 9.42. The Bertz CT molecular complexity index is 1390.